The number of aromatic nitrogens is 2. The summed E-state index contributed by atoms with van der Waals surface area (Å²) in [4.78, 5) is 2.35. The van der Waals surface area contributed by atoms with Crippen molar-refractivity contribution in [2.75, 3.05) is 19.6 Å². The fourth-order valence-electron chi connectivity index (χ4n) is 3.21. The first-order valence-corrected chi connectivity index (χ1v) is 8.48. The highest BCUT2D eigenvalue weighted by atomic mass is 19.1. The minimum atomic E-state index is -0.0956. The van der Waals surface area contributed by atoms with E-state index in [4.69, 9.17) is 0 Å². The van der Waals surface area contributed by atoms with E-state index in [1.165, 1.54) is 12.8 Å². The summed E-state index contributed by atoms with van der Waals surface area (Å²) in [6, 6.07) is 9.55. The summed E-state index contributed by atoms with van der Waals surface area (Å²) < 4.78 is 15.7. The molecule has 23 heavy (non-hydrogen) atoms. The Hall–Kier alpha value is -1.72. The standard InChI is InChI=1S/C18H25FN4/c19-18-8-2-1-6-16(18)14-22-11-3-7-17(15-22)20-9-4-12-23-13-5-10-21-23/h1-2,5-6,8,10,13,17,20H,3-4,7,9,11-12,14-15H2/t17-/m0/s1. The number of hydrogen-bond donors (Lipinski definition) is 1. The third kappa shape index (κ3) is 4.88. The van der Waals surface area contributed by atoms with Crippen molar-refractivity contribution >= 4 is 0 Å². The highest BCUT2D eigenvalue weighted by molar-refractivity contribution is 5.17. The van der Waals surface area contributed by atoms with Gasteiger partial charge in [-0.3, -0.25) is 9.58 Å². The average Bonchev–Trinajstić information content (AvgIpc) is 3.08. The van der Waals surface area contributed by atoms with E-state index in [1.54, 1.807) is 12.1 Å². The number of benzene rings is 1. The highest BCUT2D eigenvalue weighted by Crippen LogP contribution is 2.15. The van der Waals surface area contributed by atoms with Gasteiger partial charge in [0, 0.05) is 43.6 Å². The molecule has 0 saturated carbocycles. The van der Waals surface area contributed by atoms with Crippen LogP contribution in [0.4, 0.5) is 4.39 Å². The third-order valence-corrected chi connectivity index (χ3v) is 4.41. The lowest BCUT2D eigenvalue weighted by molar-refractivity contribution is 0.181. The van der Waals surface area contributed by atoms with E-state index in [2.05, 4.69) is 15.3 Å². The van der Waals surface area contributed by atoms with E-state index in [0.717, 1.165) is 38.2 Å². The fourth-order valence-corrected chi connectivity index (χ4v) is 3.21. The SMILES string of the molecule is Fc1ccccc1CN1CCC[C@H](NCCCn2cccn2)C1. The summed E-state index contributed by atoms with van der Waals surface area (Å²) >= 11 is 0. The van der Waals surface area contributed by atoms with Gasteiger partial charge < -0.3 is 5.32 Å². The summed E-state index contributed by atoms with van der Waals surface area (Å²) in [5.41, 5.74) is 0.798. The Bertz CT molecular complexity index is 584. The van der Waals surface area contributed by atoms with Crippen molar-refractivity contribution in [3.8, 4) is 0 Å². The molecule has 3 rings (SSSR count). The second-order valence-corrected chi connectivity index (χ2v) is 6.24. The lowest BCUT2D eigenvalue weighted by Crippen LogP contribution is -2.45. The van der Waals surface area contributed by atoms with Crippen LogP contribution in [0.5, 0.6) is 0 Å². The van der Waals surface area contributed by atoms with Crippen LogP contribution in [-0.2, 0) is 13.1 Å². The maximum Gasteiger partial charge on any atom is 0.127 e. The van der Waals surface area contributed by atoms with Crippen LogP contribution in [0.2, 0.25) is 0 Å². The van der Waals surface area contributed by atoms with E-state index < -0.39 is 0 Å². The van der Waals surface area contributed by atoms with Gasteiger partial charge in [-0.2, -0.15) is 5.10 Å². The molecular weight excluding hydrogens is 291 g/mol. The van der Waals surface area contributed by atoms with Gasteiger partial charge in [-0.25, -0.2) is 4.39 Å². The largest absolute Gasteiger partial charge is 0.313 e. The molecule has 0 unspecified atom stereocenters. The number of hydrogen-bond acceptors (Lipinski definition) is 3. The molecule has 1 aromatic carbocycles. The molecule has 1 fully saturated rings. The number of rotatable bonds is 7. The Kier molecular flexibility index (Phi) is 5.77. The van der Waals surface area contributed by atoms with Crippen LogP contribution in [0, 0.1) is 5.82 Å². The first kappa shape index (κ1) is 16.1. The first-order valence-electron chi connectivity index (χ1n) is 8.48. The Morgan fingerprint density at radius 3 is 3.00 bits per heavy atom. The van der Waals surface area contributed by atoms with Gasteiger partial charge >= 0.3 is 0 Å². The molecule has 1 N–H and O–H groups in total. The Labute approximate surface area is 137 Å². The van der Waals surface area contributed by atoms with Crippen molar-refractivity contribution in [3.05, 3.63) is 54.1 Å². The maximum absolute atomic E-state index is 13.8. The molecule has 1 saturated heterocycles. The molecule has 124 valence electrons. The molecule has 1 aliphatic rings. The van der Waals surface area contributed by atoms with Crippen LogP contribution in [0.25, 0.3) is 0 Å². The average molecular weight is 316 g/mol. The Balaban J connectivity index is 1.40. The molecule has 4 nitrogen and oxygen atoms in total. The number of nitrogens with zero attached hydrogens (tertiary/aromatic N) is 3. The number of halogens is 1. The smallest absolute Gasteiger partial charge is 0.127 e. The molecule has 0 radical (unpaired) electrons. The van der Waals surface area contributed by atoms with Gasteiger partial charge in [0.15, 0.2) is 0 Å². The van der Waals surface area contributed by atoms with Crippen molar-refractivity contribution in [3.63, 3.8) is 0 Å². The second-order valence-electron chi connectivity index (χ2n) is 6.24. The van der Waals surface area contributed by atoms with E-state index in [1.807, 2.05) is 35.3 Å². The summed E-state index contributed by atoms with van der Waals surface area (Å²) in [5, 5.41) is 7.85. The number of nitrogens with one attached hydrogen (secondary N) is 1. The van der Waals surface area contributed by atoms with E-state index in [-0.39, 0.29) is 5.82 Å². The van der Waals surface area contributed by atoms with Crippen molar-refractivity contribution in [2.45, 2.75) is 38.4 Å². The van der Waals surface area contributed by atoms with Crippen LogP contribution in [0.3, 0.4) is 0 Å². The highest BCUT2D eigenvalue weighted by Gasteiger charge is 2.20. The van der Waals surface area contributed by atoms with Gasteiger partial charge in [0.05, 0.1) is 0 Å². The molecule has 0 amide bonds. The lowest BCUT2D eigenvalue weighted by atomic mass is 10.0. The maximum atomic E-state index is 13.8. The van der Waals surface area contributed by atoms with Crippen LogP contribution in [0.15, 0.2) is 42.7 Å². The fraction of sp³-hybridized carbons (Fsp3) is 0.500. The molecule has 0 aliphatic carbocycles. The summed E-state index contributed by atoms with van der Waals surface area (Å²) in [5.74, 6) is -0.0956. The van der Waals surface area contributed by atoms with Crippen molar-refractivity contribution in [1.82, 2.24) is 20.0 Å². The normalized spacial score (nSPS) is 19.1. The van der Waals surface area contributed by atoms with Crippen molar-refractivity contribution < 1.29 is 4.39 Å². The van der Waals surface area contributed by atoms with Crippen LogP contribution < -0.4 is 5.32 Å². The summed E-state index contributed by atoms with van der Waals surface area (Å²) in [6.45, 7) is 4.71. The minimum Gasteiger partial charge on any atom is -0.313 e. The van der Waals surface area contributed by atoms with Gasteiger partial charge in [-0.05, 0) is 44.5 Å². The Morgan fingerprint density at radius 1 is 1.26 bits per heavy atom. The molecule has 1 atom stereocenters. The first-order chi connectivity index (χ1) is 11.3. The molecule has 1 aliphatic heterocycles. The molecule has 5 heteroatoms. The number of aryl methyl sites for hydroxylation is 1. The van der Waals surface area contributed by atoms with E-state index >= 15 is 0 Å². The molecule has 2 aromatic rings. The zero-order valence-electron chi connectivity index (χ0n) is 13.5. The topological polar surface area (TPSA) is 33.1 Å². The van der Waals surface area contributed by atoms with E-state index in [9.17, 15) is 4.39 Å². The Morgan fingerprint density at radius 2 is 2.17 bits per heavy atom. The monoisotopic (exact) mass is 316 g/mol. The van der Waals surface area contributed by atoms with Crippen LogP contribution in [0.1, 0.15) is 24.8 Å². The van der Waals surface area contributed by atoms with Gasteiger partial charge in [0.1, 0.15) is 5.82 Å². The van der Waals surface area contributed by atoms with Crippen molar-refractivity contribution in [1.29, 1.82) is 0 Å². The zero-order chi connectivity index (χ0) is 15.9. The van der Waals surface area contributed by atoms with Gasteiger partial charge in [-0.15, -0.1) is 0 Å². The molecule has 0 spiro atoms. The summed E-state index contributed by atoms with van der Waals surface area (Å²) in [6.07, 6.45) is 7.26. The number of piperidine rings is 1. The minimum absolute atomic E-state index is 0.0956. The third-order valence-electron chi connectivity index (χ3n) is 4.41. The van der Waals surface area contributed by atoms with Gasteiger partial charge in [0.25, 0.3) is 0 Å². The molecule has 1 aromatic heterocycles. The molecule has 2 heterocycles. The van der Waals surface area contributed by atoms with Crippen LogP contribution >= 0.6 is 0 Å². The second kappa shape index (κ2) is 8.22. The van der Waals surface area contributed by atoms with Crippen molar-refractivity contribution in [2.24, 2.45) is 0 Å². The van der Waals surface area contributed by atoms with E-state index in [0.29, 0.717) is 12.6 Å². The predicted octanol–water partition coefficient (Wildman–Crippen LogP) is 2.67. The molecular formula is C18H25FN4. The zero-order valence-corrected chi connectivity index (χ0v) is 13.5. The quantitative estimate of drug-likeness (QED) is 0.797. The summed E-state index contributed by atoms with van der Waals surface area (Å²) in [7, 11) is 0. The van der Waals surface area contributed by atoms with Gasteiger partial charge in [0.2, 0.25) is 0 Å². The van der Waals surface area contributed by atoms with Gasteiger partial charge in [-0.1, -0.05) is 18.2 Å². The van der Waals surface area contributed by atoms with Crippen LogP contribution in [-0.4, -0.2) is 40.4 Å². The lowest BCUT2D eigenvalue weighted by Gasteiger charge is -2.33. The molecule has 0 bridgehead atoms. The number of likely N-dealkylation sites (tertiary alicyclic amines) is 1. The predicted molar refractivity (Wildman–Crippen MR) is 89.5 cm³/mol.